The van der Waals surface area contributed by atoms with Crippen LogP contribution in [0.3, 0.4) is 0 Å². The fourth-order valence-electron chi connectivity index (χ4n) is 2.15. The Hall–Kier alpha value is -2.58. The minimum absolute atomic E-state index is 0.0342. The molecule has 156 valence electrons. The van der Waals surface area contributed by atoms with Gasteiger partial charge in [-0.3, -0.25) is 4.79 Å². The van der Waals surface area contributed by atoms with Crippen LogP contribution in [0.25, 0.3) is 0 Å². The van der Waals surface area contributed by atoms with E-state index in [-0.39, 0.29) is 23.2 Å². The van der Waals surface area contributed by atoms with Crippen molar-refractivity contribution < 1.29 is 31.7 Å². The second-order valence-corrected chi connectivity index (χ2v) is 8.75. The molecule has 0 radical (unpaired) electrons. The molecule has 0 saturated carbocycles. The van der Waals surface area contributed by atoms with Crippen molar-refractivity contribution in [3.8, 4) is 11.5 Å². The molecule has 0 bridgehead atoms. The van der Waals surface area contributed by atoms with Gasteiger partial charge in [-0.05, 0) is 76.2 Å². The summed E-state index contributed by atoms with van der Waals surface area (Å²) in [6, 6.07) is 10.9. The lowest BCUT2D eigenvalue weighted by atomic mass is 10.1. The highest BCUT2D eigenvalue weighted by Gasteiger charge is 2.33. The van der Waals surface area contributed by atoms with Gasteiger partial charge in [-0.1, -0.05) is 11.6 Å². The smallest absolute Gasteiger partial charge is 0.378 e. The number of carbonyl (C=O) groups is 2. The predicted molar refractivity (Wildman–Crippen MR) is 108 cm³/mol. The Bertz CT molecular complexity index is 978. The average Bonchev–Trinajstić information content (AvgIpc) is 2.62. The summed E-state index contributed by atoms with van der Waals surface area (Å²) in [4.78, 5) is 24.4. The van der Waals surface area contributed by atoms with Gasteiger partial charge in [-0.25, -0.2) is 4.79 Å². The Morgan fingerprint density at radius 2 is 1.45 bits per heavy atom. The maximum absolute atomic E-state index is 12.3. The van der Waals surface area contributed by atoms with Crippen LogP contribution in [0.5, 0.6) is 11.5 Å². The number of esters is 1. The third-order valence-electron chi connectivity index (χ3n) is 3.54. The number of ether oxygens (including phenoxy) is 2. The van der Waals surface area contributed by atoms with Gasteiger partial charge in [0.25, 0.3) is 0 Å². The van der Waals surface area contributed by atoms with Crippen LogP contribution in [0.1, 0.15) is 38.1 Å². The van der Waals surface area contributed by atoms with Gasteiger partial charge < -0.3 is 13.7 Å². The van der Waals surface area contributed by atoms with Gasteiger partial charge in [-0.15, -0.1) is 0 Å². The van der Waals surface area contributed by atoms with Gasteiger partial charge in [0.1, 0.15) is 11.5 Å². The summed E-state index contributed by atoms with van der Waals surface area (Å²) in [5.41, 5.74) is -1.38. The maximum atomic E-state index is 12.3. The highest BCUT2D eigenvalue weighted by molar-refractivity contribution is 8.02. The zero-order chi connectivity index (χ0) is 21.8. The lowest BCUT2D eigenvalue weighted by Gasteiger charge is -2.25. The molecule has 0 aliphatic heterocycles. The molecule has 2 aromatic rings. The molecule has 0 fully saturated rings. The highest BCUT2D eigenvalue weighted by Crippen LogP contribution is 2.23. The molecule has 29 heavy (non-hydrogen) atoms. The average molecular weight is 441 g/mol. The van der Waals surface area contributed by atoms with Crippen molar-refractivity contribution in [3.63, 3.8) is 0 Å². The molecule has 2 rings (SSSR count). The molecule has 9 heteroatoms. The van der Waals surface area contributed by atoms with Crippen molar-refractivity contribution in [2.24, 2.45) is 0 Å². The SMILES string of the molecule is CC(C)OC(=O)C(C)(C)Oc1ccc(C(=O)S(=O)(=O)Oc2ccc(Cl)cc2)cc1. The van der Waals surface area contributed by atoms with Gasteiger partial charge in [0.15, 0.2) is 5.60 Å². The number of halogens is 1. The molecule has 0 aliphatic rings. The number of rotatable bonds is 7. The summed E-state index contributed by atoms with van der Waals surface area (Å²) < 4.78 is 40.0. The van der Waals surface area contributed by atoms with Crippen LogP contribution >= 0.6 is 11.6 Å². The Balaban J connectivity index is 2.11. The van der Waals surface area contributed by atoms with E-state index in [0.29, 0.717) is 5.02 Å². The quantitative estimate of drug-likeness (QED) is 0.474. The van der Waals surface area contributed by atoms with Crippen molar-refractivity contribution in [1.29, 1.82) is 0 Å². The number of benzene rings is 2. The van der Waals surface area contributed by atoms with E-state index in [1.165, 1.54) is 48.5 Å². The Morgan fingerprint density at radius 1 is 0.931 bits per heavy atom. The number of carbonyl (C=O) groups excluding carboxylic acids is 2. The van der Waals surface area contributed by atoms with Crippen molar-refractivity contribution >= 4 is 32.8 Å². The molecule has 7 nitrogen and oxygen atoms in total. The Kier molecular flexibility index (Phi) is 6.92. The zero-order valence-electron chi connectivity index (χ0n) is 16.3. The van der Waals surface area contributed by atoms with Gasteiger partial charge in [-0.2, -0.15) is 8.42 Å². The minimum Gasteiger partial charge on any atom is -0.476 e. The summed E-state index contributed by atoms with van der Waals surface area (Å²) in [6.45, 7) is 6.53. The van der Waals surface area contributed by atoms with E-state index >= 15 is 0 Å². The second kappa shape index (κ2) is 8.84. The maximum Gasteiger partial charge on any atom is 0.378 e. The van der Waals surface area contributed by atoms with Crippen LogP contribution < -0.4 is 8.92 Å². The molecule has 0 N–H and O–H groups in total. The fourth-order valence-corrected chi connectivity index (χ4v) is 3.14. The van der Waals surface area contributed by atoms with E-state index in [1.807, 2.05) is 0 Å². The molecular formula is C20H21ClO7S. The molecule has 0 unspecified atom stereocenters. The first-order valence-corrected chi connectivity index (χ1v) is 10.4. The standard InChI is InChI=1S/C20H21ClO7S/c1-13(2)26-19(23)20(3,4)27-16-9-5-14(6-10-16)18(22)29(24,25)28-17-11-7-15(21)8-12-17/h5-13H,1-4H3. The van der Waals surface area contributed by atoms with Crippen molar-refractivity contribution in [2.75, 3.05) is 0 Å². The summed E-state index contributed by atoms with van der Waals surface area (Å²) in [5, 5.41) is -0.811. The molecule has 0 heterocycles. The molecule has 0 spiro atoms. The Labute approximate surface area is 174 Å². The lowest BCUT2D eigenvalue weighted by Crippen LogP contribution is -2.40. The first-order chi connectivity index (χ1) is 13.4. The van der Waals surface area contributed by atoms with Crippen LogP contribution in [0.2, 0.25) is 5.02 Å². The third-order valence-corrected chi connectivity index (χ3v) is 4.90. The summed E-state index contributed by atoms with van der Waals surface area (Å²) in [6.07, 6.45) is -0.295. The van der Waals surface area contributed by atoms with Crippen LogP contribution in [0, 0.1) is 0 Å². The predicted octanol–water partition coefficient (Wildman–Crippen LogP) is 4.00. The van der Waals surface area contributed by atoms with E-state index in [9.17, 15) is 18.0 Å². The molecule has 0 aliphatic carbocycles. The number of hydrogen-bond acceptors (Lipinski definition) is 7. The third kappa shape index (κ3) is 6.20. The molecule has 0 amide bonds. The van der Waals surface area contributed by atoms with E-state index in [1.54, 1.807) is 27.7 Å². The van der Waals surface area contributed by atoms with Crippen LogP contribution in [0.4, 0.5) is 0 Å². The zero-order valence-corrected chi connectivity index (χ0v) is 17.9. The first-order valence-electron chi connectivity index (χ1n) is 8.65. The van der Waals surface area contributed by atoms with E-state index in [4.69, 9.17) is 25.3 Å². The highest BCUT2D eigenvalue weighted by atomic mass is 35.5. The van der Waals surface area contributed by atoms with Gasteiger partial charge in [0, 0.05) is 10.6 Å². The van der Waals surface area contributed by atoms with E-state index in [0.717, 1.165) is 0 Å². The van der Waals surface area contributed by atoms with Crippen LogP contribution in [-0.2, 0) is 19.6 Å². The lowest BCUT2D eigenvalue weighted by molar-refractivity contribution is -0.163. The normalized spacial score (nSPS) is 11.8. The van der Waals surface area contributed by atoms with Crippen LogP contribution in [0.15, 0.2) is 48.5 Å². The fraction of sp³-hybridized carbons (Fsp3) is 0.300. The molecule has 0 aromatic heterocycles. The largest absolute Gasteiger partial charge is 0.476 e. The van der Waals surface area contributed by atoms with Crippen molar-refractivity contribution in [2.45, 2.75) is 39.4 Å². The van der Waals surface area contributed by atoms with Gasteiger partial charge in [0.2, 0.25) is 0 Å². The molecule has 0 atom stereocenters. The Morgan fingerprint density at radius 3 is 1.97 bits per heavy atom. The van der Waals surface area contributed by atoms with E-state index in [2.05, 4.69) is 0 Å². The minimum atomic E-state index is -4.55. The van der Waals surface area contributed by atoms with Crippen molar-refractivity contribution in [1.82, 2.24) is 0 Å². The topological polar surface area (TPSA) is 96.0 Å². The number of hydrogen-bond donors (Lipinski definition) is 0. The summed E-state index contributed by atoms with van der Waals surface area (Å²) in [5.74, 6) is -0.317. The van der Waals surface area contributed by atoms with E-state index < -0.39 is 26.8 Å². The molecular weight excluding hydrogens is 420 g/mol. The van der Waals surface area contributed by atoms with Gasteiger partial charge in [0.05, 0.1) is 6.10 Å². The van der Waals surface area contributed by atoms with Gasteiger partial charge >= 0.3 is 21.2 Å². The monoisotopic (exact) mass is 440 g/mol. The summed E-state index contributed by atoms with van der Waals surface area (Å²) in [7, 11) is -4.55. The molecule has 2 aromatic carbocycles. The van der Waals surface area contributed by atoms with Crippen LogP contribution in [-0.4, -0.2) is 31.2 Å². The molecule has 0 saturated heterocycles. The second-order valence-electron chi connectivity index (χ2n) is 6.87. The van der Waals surface area contributed by atoms with Crippen molar-refractivity contribution in [3.05, 3.63) is 59.1 Å². The summed E-state index contributed by atoms with van der Waals surface area (Å²) >= 11 is 5.73. The first kappa shape index (κ1) is 22.7.